The van der Waals surface area contributed by atoms with Gasteiger partial charge in [0.1, 0.15) is 0 Å². The van der Waals surface area contributed by atoms with Crippen molar-refractivity contribution in [2.75, 3.05) is 69.1 Å². The Bertz CT molecular complexity index is 1880. The Balaban J connectivity index is 1.09. The van der Waals surface area contributed by atoms with E-state index < -0.39 is 10.0 Å². The predicted molar refractivity (Wildman–Crippen MR) is 180 cm³/mol. The third-order valence-corrected chi connectivity index (χ3v) is 10.8. The number of morpholine rings is 1. The first-order valence-electron chi connectivity index (χ1n) is 15.3. The maximum absolute atomic E-state index is 11.9. The van der Waals surface area contributed by atoms with Crippen molar-refractivity contribution in [3.05, 3.63) is 82.9 Å². The van der Waals surface area contributed by atoms with E-state index in [0.717, 1.165) is 42.2 Å². The number of sulfonamides is 1. The number of benzene rings is 2. The highest BCUT2D eigenvalue weighted by atomic mass is 32.2. The molecule has 2 saturated heterocycles. The fourth-order valence-corrected chi connectivity index (χ4v) is 8.10. The van der Waals surface area contributed by atoms with Crippen LogP contribution in [-0.4, -0.2) is 90.9 Å². The predicted octanol–water partition coefficient (Wildman–Crippen LogP) is 3.72. The number of rotatable bonds is 10. The molecule has 2 fully saturated rings. The van der Waals surface area contributed by atoms with Crippen LogP contribution >= 0.6 is 11.3 Å². The van der Waals surface area contributed by atoms with Crippen molar-refractivity contribution in [2.45, 2.75) is 19.6 Å². The average molecular weight is 647 g/mol. The van der Waals surface area contributed by atoms with Gasteiger partial charge in [-0.05, 0) is 23.3 Å². The molecule has 0 saturated carbocycles. The molecule has 2 aliphatic rings. The summed E-state index contributed by atoms with van der Waals surface area (Å²) in [6.45, 7) is 7.53. The van der Waals surface area contributed by atoms with Crippen molar-refractivity contribution in [3.63, 3.8) is 0 Å². The summed E-state index contributed by atoms with van der Waals surface area (Å²) in [4.78, 5) is 15.7. The van der Waals surface area contributed by atoms with E-state index in [1.54, 1.807) is 15.6 Å². The zero-order valence-corrected chi connectivity index (χ0v) is 27.0. The average Bonchev–Trinajstić information content (AvgIpc) is 3.62. The first-order valence-corrected chi connectivity index (χ1v) is 18.0. The molecule has 2 aromatic carbocycles. The summed E-state index contributed by atoms with van der Waals surface area (Å²) < 4.78 is 34.4. The second kappa shape index (κ2) is 13.0. The number of fused-ring (bicyclic) bond motifs is 2. The molecule has 0 aliphatic carbocycles. The van der Waals surface area contributed by atoms with Gasteiger partial charge in [-0.3, -0.25) is 10.3 Å². The molecule has 0 unspecified atom stereocenters. The lowest BCUT2D eigenvalue weighted by Gasteiger charge is -2.32. The Morgan fingerprint density at radius 3 is 2.44 bits per heavy atom. The Morgan fingerprint density at radius 2 is 1.67 bits per heavy atom. The van der Waals surface area contributed by atoms with Crippen LogP contribution in [0.15, 0.2) is 66.9 Å². The Kier molecular flexibility index (Phi) is 8.71. The monoisotopic (exact) mass is 646 g/mol. The van der Waals surface area contributed by atoms with Crippen molar-refractivity contribution in [3.8, 4) is 0 Å². The summed E-state index contributed by atoms with van der Waals surface area (Å²) in [7, 11) is -3.15. The minimum atomic E-state index is -3.15. The van der Waals surface area contributed by atoms with Crippen molar-refractivity contribution >= 4 is 54.2 Å². The third kappa shape index (κ3) is 6.83. The molecule has 5 heterocycles. The Labute approximate surface area is 267 Å². The minimum absolute atomic E-state index is 0.521. The number of nitrogens with zero attached hydrogens (tertiary/aromatic N) is 6. The molecule has 11 nitrogen and oxygen atoms in total. The number of ether oxygens (including phenoxy) is 1. The topological polar surface area (TPSA) is 108 Å². The van der Waals surface area contributed by atoms with Crippen LogP contribution in [0.2, 0.25) is 0 Å². The fraction of sp³-hybridized carbons (Fsp3) is 0.375. The van der Waals surface area contributed by atoms with E-state index in [1.165, 1.54) is 33.2 Å². The summed E-state index contributed by atoms with van der Waals surface area (Å²) in [6, 6.07) is 21.2. The summed E-state index contributed by atoms with van der Waals surface area (Å²) in [5, 5.41) is 1.22. The van der Waals surface area contributed by atoms with Crippen molar-refractivity contribution in [2.24, 2.45) is 0 Å². The highest BCUT2D eigenvalue weighted by Gasteiger charge is 2.25. The van der Waals surface area contributed by atoms with Crippen LogP contribution in [0, 0.1) is 0 Å². The van der Waals surface area contributed by atoms with Gasteiger partial charge in [-0.2, -0.15) is 9.29 Å². The van der Waals surface area contributed by atoms with E-state index in [0.29, 0.717) is 51.9 Å². The van der Waals surface area contributed by atoms with Crippen LogP contribution in [0.1, 0.15) is 16.0 Å². The van der Waals surface area contributed by atoms with Crippen molar-refractivity contribution in [1.29, 1.82) is 0 Å². The molecule has 7 rings (SSSR count). The standard InChI is InChI=1S/C32H38N8O3S2/c1-45(41,42)40-13-11-37(12-14-40)23-26-19-28-30(44-26)31(38-15-17-43-18-16-38)35-32(34-28)36-33-20-25-22-39(21-24-7-3-2-4-8-24)29-10-6-5-9-27(25)29/h2-10,19,22,33H,11-18,20-21,23H2,1H3,(H,34,35,36). The molecule has 3 aromatic heterocycles. The van der Waals surface area contributed by atoms with Gasteiger partial charge in [0.05, 0.1) is 29.7 Å². The number of hydrogen-bond acceptors (Lipinski definition) is 10. The molecule has 13 heteroatoms. The van der Waals surface area contributed by atoms with Crippen LogP contribution in [0.25, 0.3) is 21.1 Å². The smallest absolute Gasteiger partial charge is 0.239 e. The molecule has 0 amide bonds. The van der Waals surface area contributed by atoms with Crippen LogP contribution in [0.4, 0.5) is 11.8 Å². The number of para-hydroxylation sites is 1. The Hall–Kier alpha value is -3.59. The number of aromatic nitrogens is 3. The van der Waals surface area contributed by atoms with Gasteiger partial charge in [-0.25, -0.2) is 18.8 Å². The lowest BCUT2D eigenvalue weighted by atomic mass is 10.2. The molecule has 0 atom stereocenters. The quantitative estimate of drug-likeness (QED) is 0.220. The van der Waals surface area contributed by atoms with E-state index in [-0.39, 0.29) is 0 Å². The maximum Gasteiger partial charge on any atom is 0.239 e. The number of nitrogens with one attached hydrogen (secondary N) is 2. The SMILES string of the molecule is CS(=O)(=O)N1CCN(Cc2cc3nc(NNCc4cn(Cc5ccccc5)c5ccccc45)nc(N4CCOCC4)c3s2)CC1. The summed E-state index contributed by atoms with van der Waals surface area (Å²) in [5.41, 5.74) is 11.2. The zero-order valence-electron chi connectivity index (χ0n) is 25.4. The largest absolute Gasteiger partial charge is 0.378 e. The van der Waals surface area contributed by atoms with Gasteiger partial charge in [0.25, 0.3) is 0 Å². The van der Waals surface area contributed by atoms with E-state index in [4.69, 9.17) is 14.7 Å². The molecule has 236 valence electrons. The lowest BCUT2D eigenvalue weighted by Crippen LogP contribution is -2.47. The van der Waals surface area contributed by atoms with Crippen molar-refractivity contribution < 1.29 is 13.2 Å². The highest BCUT2D eigenvalue weighted by Crippen LogP contribution is 2.34. The fourth-order valence-electron chi connectivity index (χ4n) is 6.12. The zero-order chi connectivity index (χ0) is 30.8. The summed E-state index contributed by atoms with van der Waals surface area (Å²) >= 11 is 1.72. The van der Waals surface area contributed by atoms with Crippen LogP contribution < -0.4 is 15.8 Å². The molecular weight excluding hydrogens is 609 g/mol. The third-order valence-electron chi connectivity index (χ3n) is 8.44. The van der Waals surface area contributed by atoms with Crippen LogP contribution in [0.5, 0.6) is 0 Å². The van der Waals surface area contributed by atoms with E-state index in [1.807, 2.05) is 6.07 Å². The maximum atomic E-state index is 11.9. The first kappa shape index (κ1) is 30.1. The molecule has 5 aromatic rings. The van der Waals surface area contributed by atoms with Gasteiger partial charge in [-0.15, -0.1) is 11.3 Å². The molecule has 2 aliphatic heterocycles. The van der Waals surface area contributed by atoms with Gasteiger partial charge in [0.2, 0.25) is 16.0 Å². The molecular formula is C32H38N8O3S2. The number of hydrogen-bond donors (Lipinski definition) is 2. The number of piperazine rings is 1. The van der Waals surface area contributed by atoms with Crippen LogP contribution in [0.3, 0.4) is 0 Å². The van der Waals surface area contributed by atoms with E-state index >= 15 is 0 Å². The lowest BCUT2D eigenvalue weighted by molar-refractivity contribution is 0.122. The second-order valence-electron chi connectivity index (χ2n) is 11.6. The molecule has 2 N–H and O–H groups in total. The van der Waals surface area contributed by atoms with E-state index in [9.17, 15) is 8.42 Å². The van der Waals surface area contributed by atoms with Crippen LogP contribution in [-0.2, 0) is 34.4 Å². The number of hydrazine groups is 1. The Morgan fingerprint density at radius 1 is 0.911 bits per heavy atom. The van der Waals surface area contributed by atoms with Gasteiger partial charge >= 0.3 is 0 Å². The van der Waals surface area contributed by atoms with Gasteiger partial charge < -0.3 is 14.2 Å². The van der Waals surface area contributed by atoms with Gasteiger partial charge in [0, 0.05) is 80.9 Å². The first-order chi connectivity index (χ1) is 21.9. The highest BCUT2D eigenvalue weighted by molar-refractivity contribution is 7.88. The van der Waals surface area contributed by atoms with Crippen molar-refractivity contribution in [1.82, 2.24) is 29.2 Å². The molecule has 0 bridgehead atoms. The van der Waals surface area contributed by atoms with Gasteiger partial charge in [-0.1, -0.05) is 48.5 Å². The minimum Gasteiger partial charge on any atom is -0.378 e. The second-order valence-corrected chi connectivity index (χ2v) is 14.7. The number of anilines is 2. The number of thiophene rings is 1. The molecule has 45 heavy (non-hydrogen) atoms. The van der Waals surface area contributed by atoms with Gasteiger partial charge in [0.15, 0.2) is 5.82 Å². The molecule has 0 spiro atoms. The molecule has 0 radical (unpaired) electrons. The van der Waals surface area contributed by atoms with E-state index in [2.05, 4.69) is 86.0 Å². The summed E-state index contributed by atoms with van der Waals surface area (Å²) in [5.74, 6) is 1.45. The normalized spacial score (nSPS) is 17.0. The summed E-state index contributed by atoms with van der Waals surface area (Å²) in [6.07, 6.45) is 3.50.